The highest BCUT2D eigenvalue weighted by molar-refractivity contribution is 6.48. The molecule has 10 heteroatoms. The zero-order valence-electron chi connectivity index (χ0n) is 9.95. The lowest BCUT2D eigenvalue weighted by molar-refractivity contribution is -0.402. The first-order valence-electron chi connectivity index (χ1n) is 5.27. The summed E-state index contributed by atoms with van der Waals surface area (Å²) >= 11 is 11.1. The summed E-state index contributed by atoms with van der Waals surface area (Å²) in [5.41, 5.74) is 0. The summed E-state index contributed by atoms with van der Waals surface area (Å²) in [5.74, 6) is -2.20. The molecule has 2 heterocycles. The van der Waals surface area contributed by atoms with Crippen LogP contribution in [0.3, 0.4) is 0 Å². The maximum atomic E-state index is 11.5. The van der Waals surface area contributed by atoms with Crippen LogP contribution in [0.25, 0.3) is 6.08 Å². The van der Waals surface area contributed by atoms with Gasteiger partial charge in [-0.15, -0.1) is 0 Å². The van der Waals surface area contributed by atoms with Crippen LogP contribution in [0.15, 0.2) is 32.7 Å². The second-order valence-corrected chi connectivity index (χ2v) is 4.39. The Hall–Kier alpha value is -2.32. The Bertz CT molecular complexity index is 676. The molecule has 0 saturated carbocycles. The van der Waals surface area contributed by atoms with Gasteiger partial charge in [-0.1, -0.05) is 23.2 Å². The number of carbonyl (C=O) groups excluding carboxylic acids is 2. The highest BCUT2D eigenvalue weighted by atomic mass is 35.5. The highest BCUT2D eigenvalue weighted by Crippen LogP contribution is 2.29. The Morgan fingerprint density at radius 2 is 2.14 bits per heavy atom. The fourth-order valence-corrected chi connectivity index (χ4v) is 1.60. The van der Waals surface area contributed by atoms with E-state index in [2.05, 4.69) is 4.74 Å². The number of cyclic esters (lactones) is 1. The Morgan fingerprint density at radius 3 is 2.67 bits per heavy atom. The van der Waals surface area contributed by atoms with Crippen LogP contribution in [-0.2, 0) is 19.1 Å². The van der Waals surface area contributed by atoms with Crippen molar-refractivity contribution in [2.45, 2.75) is 6.29 Å². The summed E-state index contributed by atoms with van der Waals surface area (Å²) in [6, 6.07) is 2.42. The van der Waals surface area contributed by atoms with Gasteiger partial charge in [0.25, 0.3) is 6.29 Å². The maximum Gasteiger partial charge on any atom is 0.433 e. The van der Waals surface area contributed by atoms with Crippen LogP contribution in [0.1, 0.15) is 5.76 Å². The van der Waals surface area contributed by atoms with E-state index in [-0.39, 0.29) is 15.8 Å². The molecular formula is C11H5Cl2NO7. The van der Waals surface area contributed by atoms with Gasteiger partial charge in [-0.05, 0) is 12.1 Å². The summed E-state index contributed by atoms with van der Waals surface area (Å²) in [7, 11) is 0. The third-order valence-corrected chi connectivity index (χ3v) is 3.03. The number of ether oxygens (including phenoxy) is 2. The van der Waals surface area contributed by atoms with Gasteiger partial charge in [-0.3, -0.25) is 10.1 Å². The maximum absolute atomic E-state index is 11.5. The molecule has 0 aromatic carbocycles. The Morgan fingerprint density at radius 1 is 1.43 bits per heavy atom. The minimum atomic E-state index is -1.41. The lowest BCUT2D eigenvalue weighted by Gasteiger charge is -2.09. The molecule has 0 saturated heterocycles. The van der Waals surface area contributed by atoms with Gasteiger partial charge in [0.1, 0.15) is 20.7 Å². The van der Waals surface area contributed by atoms with Crippen LogP contribution in [0.5, 0.6) is 0 Å². The molecule has 1 atom stereocenters. The van der Waals surface area contributed by atoms with E-state index >= 15 is 0 Å². The van der Waals surface area contributed by atoms with E-state index in [4.69, 9.17) is 32.4 Å². The van der Waals surface area contributed by atoms with Crippen molar-refractivity contribution in [3.05, 3.63) is 44.1 Å². The predicted molar refractivity (Wildman–Crippen MR) is 69.1 cm³/mol. The first-order chi connectivity index (χ1) is 9.88. The van der Waals surface area contributed by atoms with Gasteiger partial charge in [-0.2, -0.15) is 0 Å². The SMILES string of the molecule is O=C(C=Cc1ccc([N+](=O)[O-])o1)OC1OC(=O)C(Cl)=C1Cl. The van der Waals surface area contributed by atoms with Crippen molar-refractivity contribution in [1.29, 1.82) is 0 Å². The quantitative estimate of drug-likeness (QED) is 0.360. The number of furan rings is 1. The zero-order valence-corrected chi connectivity index (χ0v) is 11.5. The molecule has 1 aliphatic heterocycles. The van der Waals surface area contributed by atoms with Crippen molar-refractivity contribution in [1.82, 2.24) is 0 Å². The molecule has 0 spiro atoms. The van der Waals surface area contributed by atoms with Crippen LogP contribution in [0, 0.1) is 10.1 Å². The smallest absolute Gasteiger partial charge is 0.416 e. The molecular weight excluding hydrogens is 329 g/mol. The van der Waals surface area contributed by atoms with Gasteiger partial charge in [0.15, 0.2) is 0 Å². The lowest BCUT2D eigenvalue weighted by atomic mass is 10.4. The number of hydrogen-bond donors (Lipinski definition) is 0. The monoisotopic (exact) mass is 333 g/mol. The summed E-state index contributed by atoms with van der Waals surface area (Å²) < 4.78 is 14.1. The molecule has 1 aromatic heterocycles. The molecule has 0 fully saturated rings. The van der Waals surface area contributed by atoms with Crippen molar-refractivity contribution in [3.63, 3.8) is 0 Å². The van der Waals surface area contributed by atoms with Gasteiger partial charge >= 0.3 is 17.8 Å². The summed E-state index contributed by atoms with van der Waals surface area (Å²) in [4.78, 5) is 32.2. The number of halogens is 2. The van der Waals surface area contributed by atoms with Gasteiger partial charge in [0.2, 0.25) is 0 Å². The van der Waals surface area contributed by atoms with Crippen LogP contribution >= 0.6 is 23.2 Å². The Kier molecular flexibility index (Phi) is 4.29. The third-order valence-electron chi connectivity index (χ3n) is 2.21. The van der Waals surface area contributed by atoms with Crippen molar-refractivity contribution >= 4 is 47.1 Å². The molecule has 1 unspecified atom stereocenters. The average molecular weight is 334 g/mol. The van der Waals surface area contributed by atoms with E-state index < -0.39 is 29.0 Å². The number of rotatable bonds is 4. The minimum Gasteiger partial charge on any atom is -0.416 e. The van der Waals surface area contributed by atoms with Crippen LogP contribution in [0.2, 0.25) is 0 Å². The van der Waals surface area contributed by atoms with E-state index in [1.165, 1.54) is 6.07 Å². The van der Waals surface area contributed by atoms with Gasteiger partial charge in [0.05, 0.1) is 6.07 Å². The third kappa shape index (κ3) is 3.41. The number of esters is 2. The zero-order chi connectivity index (χ0) is 15.6. The summed E-state index contributed by atoms with van der Waals surface area (Å²) in [6.07, 6.45) is 0.660. The van der Waals surface area contributed by atoms with E-state index in [1.54, 1.807) is 0 Å². The van der Waals surface area contributed by atoms with Crippen LogP contribution in [0.4, 0.5) is 5.88 Å². The van der Waals surface area contributed by atoms with Crippen molar-refractivity contribution in [2.24, 2.45) is 0 Å². The number of nitro groups is 1. The number of nitrogens with zero attached hydrogens (tertiary/aromatic N) is 1. The van der Waals surface area contributed by atoms with Crippen molar-refractivity contribution in [3.8, 4) is 0 Å². The van der Waals surface area contributed by atoms with Crippen molar-refractivity contribution in [2.75, 3.05) is 0 Å². The van der Waals surface area contributed by atoms with E-state index in [0.717, 1.165) is 18.2 Å². The summed E-state index contributed by atoms with van der Waals surface area (Å²) in [5, 5.41) is 9.80. The predicted octanol–water partition coefficient (Wildman–Crippen LogP) is 2.32. The number of carbonyl (C=O) groups is 2. The van der Waals surface area contributed by atoms with E-state index in [0.29, 0.717) is 0 Å². The fourth-order valence-electron chi connectivity index (χ4n) is 1.30. The Balaban J connectivity index is 1.97. The van der Waals surface area contributed by atoms with Gasteiger partial charge < -0.3 is 13.9 Å². The second kappa shape index (κ2) is 5.98. The average Bonchev–Trinajstić information content (AvgIpc) is 2.99. The first-order valence-corrected chi connectivity index (χ1v) is 6.03. The van der Waals surface area contributed by atoms with Crippen LogP contribution < -0.4 is 0 Å². The van der Waals surface area contributed by atoms with Crippen LogP contribution in [-0.4, -0.2) is 23.2 Å². The molecule has 8 nitrogen and oxygen atoms in total. The minimum absolute atomic E-state index is 0.0711. The largest absolute Gasteiger partial charge is 0.433 e. The fraction of sp³-hybridized carbons (Fsp3) is 0.0909. The number of hydrogen-bond acceptors (Lipinski definition) is 7. The molecule has 0 N–H and O–H groups in total. The standard InChI is InChI=1S/C11H5Cl2NO7/c12-8-9(13)11(21-10(8)16)20-7(15)4-2-5-1-3-6(19-5)14(17)18/h1-4,11H. The molecule has 0 bridgehead atoms. The van der Waals surface area contributed by atoms with Crippen molar-refractivity contribution < 1.29 is 28.4 Å². The summed E-state index contributed by atoms with van der Waals surface area (Å²) in [6.45, 7) is 0. The molecule has 1 aromatic rings. The molecule has 0 aliphatic carbocycles. The molecule has 0 radical (unpaired) electrons. The van der Waals surface area contributed by atoms with Gasteiger partial charge in [0, 0.05) is 6.08 Å². The van der Waals surface area contributed by atoms with Gasteiger partial charge in [-0.25, -0.2) is 9.59 Å². The normalized spacial score (nSPS) is 18.2. The molecule has 21 heavy (non-hydrogen) atoms. The Labute approximate surface area is 126 Å². The molecule has 0 amide bonds. The lowest BCUT2D eigenvalue weighted by Crippen LogP contribution is -2.18. The highest BCUT2D eigenvalue weighted by Gasteiger charge is 2.34. The topological polar surface area (TPSA) is 109 Å². The van der Waals surface area contributed by atoms with E-state index in [9.17, 15) is 19.7 Å². The molecule has 110 valence electrons. The van der Waals surface area contributed by atoms with E-state index in [1.807, 2.05) is 0 Å². The second-order valence-electron chi connectivity index (χ2n) is 3.60. The first kappa shape index (κ1) is 15.1. The molecule has 2 rings (SSSR count). The molecule has 1 aliphatic rings.